The third-order valence-corrected chi connectivity index (χ3v) is 6.39. The molecule has 0 radical (unpaired) electrons. The molecule has 0 aromatic carbocycles. The Morgan fingerprint density at radius 1 is 1.37 bits per heavy atom. The fraction of sp³-hybridized carbons (Fsp3) is 0.429. The molecule has 0 saturated carbocycles. The van der Waals surface area contributed by atoms with Crippen LogP contribution in [0.3, 0.4) is 0 Å². The number of H-pyrrole nitrogens is 1. The van der Waals surface area contributed by atoms with Crippen molar-refractivity contribution >= 4 is 27.5 Å². The summed E-state index contributed by atoms with van der Waals surface area (Å²) in [5.74, 6) is -0.0422. The lowest BCUT2D eigenvalue weighted by Crippen LogP contribution is -2.31. The zero-order chi connectivity index (χ0) is 18.8. The van der Waals surface area contributed by atoms with Crippen LogP contribution in [0, 0.1) is 6.92 Å². The van der Waals surface area contributed by atoms with Gasteiger partial charge in [-0.3, -0.25) is 14.7 Å². The van der Waals surface area contributed by atoms with Gasteiger partial charge < -0.3 is 10.3 Å². The van der Waals surface area contributed by atoms with Crippen LogP contribution < -0.4 is 5.32 Å². The molecule has 5 nitrogen and oxygen atoms in total. The Bertz CT molecular complexity index is 924. The van der Waals surface area contributed by atoms with Crippen LogP contribution in [0.25, 0.3) is 10.2 Å². The molecule has 2 N–H and O–H groups in total. The van der Waals surface area contributed by atoms with Crippen LogP contribution in [-0.4, -0.2) is 33.9 Å². The first-order valence-corrected chi connectivity index (χ1v) is 10.5. The number of hydrogen-bond acceptors (Lipinski definition) is 4. The molecule has 1 saturated heterocycles. The summed E-state index contributed by atoms with van der Waals surface area (Å²) < 4.78 is 1.22. The van der Waals surface area contributed by atoms with Crippen LogP contribution >= 0.6 is 11.3 Å². The molecule has 142 valence electrons. The quantitative estimate of drug-likeness (QED) is 0.687. The Morgan fingerprint density at radius 2 is 2.19 bits per heavy atom. The maximum Gasteiger partial charge on any atom is 0.268 e. The molecule has 0 spiro atoms. The van der Waals surface area contributed by atoms with E-state index in [1.165, 1.54) is 28.8 Å². The van der Waals surface area contributed by atoms with Gasteiger partial charge in [0.1, 0.15) is 5.69 Å². The van der Waals surface area contributed by atoms with Crippen LogP contribution in [0.1, 0.15) is 58.7 Å². The Balaban J connectivity index is 1.60. The SMILES string of the molecule is Cc1cc2[nH]c(C(=O)N[C@H](C)c3cccnc3)c(CN3CCCCC3)c2s1. The van der Waals surface area contributed by atoms with Gasteiger partial charge in [0.05, 0.1) is 16.3 Å². The summed E-state index contributed by atoms with van der Waals surface area (Å²) in [6.45, 7) is 7.18. The predicted octanol–water partition coefficient (Wildman–Crippen LogP) is 4.41. The van der Waals surface area contributed by atoms with Gasteiger partial charge in [-0.15, -0.1) is 11.3 Å². The van der Waals surface area contributed by atoms with Gasteiger partial charge in [0.2, 0.25) is 0 Å². The number of carbonyl (C=O) groups is 1. The molecule has 4 rings (SSSR count). The van der Waals surface area contributed by atoms with E-state index in [1.807, 2.05) is 19.1 Å². The zero-order valence-electron chi connectivity index (χ0n) is 15.9. The monoisotopic (exact) mass is 382 g/mol. The van der Waals surface area contributed by atoms with E-state index in [1.54, 1.807) is 23.7 Å². The van der Waals surface area contributed by atoms with E-state index < -0.39 is 0 Å². The van der Waals surface area contributed by atoms with Gasteiger partial charge in [0.25, 0.3) is 5.91 Å². The molecule has 0 unspecified atom stereocenters. The van der Waals surface area contributed by atoms with Crippen molar-refractivity contribution in [1.82, 2.24) is 20.2 Å². The molecule has 0 bridgehead atoms. The third-order valence-electron chi connectivity index (χ3n) is 5.28. The number of pyridine rings is 1. The van der Waals surface area contributed by atoms with Gasteiger partial charge in [0.15, 0.2) is 0 Å². The zero-order valence-corrected chi connectivity index (χ0v) is 16.7. The van der Waals surface area contributed by atoms with Crippen molar-refractivity contribution in [3.05, 3.63) is 52.3 Å². The van der Waals surface area contributed by atoms with E-state index in [0.29, 0.717) is 5.69 Å². The van der Waals surface area contributed by atoms with E-state index in [4.69, 9.17) is 0 Å². The summed E-state index contributed by atoms with van der Waals surface area (Å²) in [6, 6.07) is 5.94. The van der Waals surface area contributed by atoms with Gasteiger partial charge in [-0.1, -0.05) is 12.5 Å². The molecule has 1 fully saturated rings. The Kier molecular flexibility index (Phi) is 5.27. The first-order valence-electron chi connectivity index (χ1n) is 9.66. The molecule has 3 aromatic rings. The fourth-order valence-electron chi connectivity index (χ4n) is 3.82. The van der Waals surface area contributed by atoms with Gasteiger partial charge in [-0.25, -0.2) is 0 Å². The van der Waals surface area contributed by atoms with Crippen LogP contribution in [0.5, 0.6) is 0 Å². The Labute approximate surface area is 163 Å². The van der Waals surface area contributed by atoms with Crippen molar-refractivity contribution in [3.63, 3.8) is 0 Å². The number of aromatic amines is 1. The molecule has 1 amide bonds. The summed E-state index contributed by atoms with van der Waals surface area (Å²) in [5, 5.41) is 3.13. The maximum absolute atomic E-state index is 13.1. The van der Waals surface area contributed by atoms with E-state index in [-0.39, 0.29) is 11.9 Å². The number of nitrogens with zero attached hydrogens (tertiary/aromatic N) is 2. The number of piperidine rings is 1. The van der Waals surface area contributed by atoms with E-state index in [9.17, 15) is 4.79 Å². The van der Waals surface area contributed by atoms with E-state index >= 15 is 0 Å². The highest BCUT2D eigenvalue weighted by Gasteiger charge is 2.23. The number of carbonyl (C=O) groups excluding carboxylic acids is 1. The number of fused-ring (bicyclic) bond motifs is 1. The lowest BCUT2D eigenvalue weighted by atomic mass is 10.1. The predicted molar refractivity (Wildman–Crippen MR) is 110 cm³/mol. The topological polar surface area (TPSA) is 61.0 Å². The lowest BCUT2D eigenvalue weighted by molar-refractivity contribution is 0.0933. The van der Waals surface area contributed by atoms with Gasteiger partial charge in [-0.2, -0.15) is 0 Å². The van der Waals surface area contributed by atoms with E-state index in [2.05, 4.69) is 33.2 Å². The Morgan fingerprint density at radius 3 is 2.93 bits per heavy atom. The minimum atomic E-state index is -0.0860. The standard InChI is InChI=1S/C21H26N4OS/c1-14-11-18-20(27-14)17(13-25-9-4-3-5-10-25)19(24-18)21(26)23-15(2)16-7-6-8-22-12-16/h6-8,11-12,15,24H,3-5,9-10,13H2,1-2H3,(H,23,26)/t15-/m1/s1. The smallest absolute Gasteiger partial charge is 0.268 e. The van der Waals surface area contributed by atoms with Crippen molar-refractivity contribution < 1.29 is 4.79 Å². The largest absolute Gasteiger partial charge is 0.350 e. The first kappa shape index (κ1) is 18.2. The first-order chi connectivity index (χ1) is 13.1. The summed E-state index contributed by atoms with van der Waals surface area (Å²) in [5.41, 5.74) is 3.93. The molecule has 3 aromatic heterocycles. The maximum atomic E-state index is 13.1. The highest BCUT2D eigenvalue weighted by molar-refractivity contribution is 7.19. The number of aryl methyl sites for hydroxylation is 1. The normalized spacial score (nSPS) is 16.5. The van der Waals surface area contributed by atoms with Crippen molar-refractivity contribution in [2.45, 2.75) is 45.7 Å². The van der Waals surface area contributed by atoms with Gasteiger partial charge in [-0.05, 0) is 57.5 Å². The summed E-state index contributed by atoms with van der Waals surface area (Å²) in [4.78, 5) is 24.4. The number of thiophene rings is 1. The number of hydrogen-bond donors (Lipinski definition) is 2. The second-order valence-corrected chi connectivity index (χ2v) is 8.65. The molecule has 4 heterocycles. The van der Waals surface area contributed by atoms with Gasteiger partial charge in [0, 0.05) is 29.4 Å². The molecule has 1 atom stereocenters. The van der Waals surface area contributed by atoms with Crippen molar-refractivity contribution in [2.24, 2.45) is 0 Å². The third kappa shape index (κ3) is 3.92. The second-order valence-electron chi connectivity index (χ2n) is 7.40. The lowest BCUT2D eigenvalue weighted by Gasteiger charge is -2.26. The average molecular weight is 383 g/mol. The van der Waals surface area contributed by atoms with Crippen LogP contribution in [0.15, 0.2) is 30.6 Å². The molecule has 1 aliphatic heterocycles. The Hall–Kier alpha value is -2.18. The number of amides is 1. The number of rotatable bonds is 5. The highest BCUT2D eigenvalue weighted by Crippen LogP contribution is 2.32. The average Bonchev–Trinajstić information content (AvgIpc) is 3.20. The highest BCUT2D eigenvalue weighted by atomic mass is 32.1. The van der Waals surface area contributed by atoms with E-state index in [0.717, 1.165) is 36.3 Å². The molecule has 27 heavy (non-hydrogen) atoms. The number of aromatic nitrogens is 2. The fourth-order valence-corrected chi connectivity index (χ4v) is 4.83. The molecule has 1 aliphatic rings. The van der Waals surface area contributed by atoms with Crippen LogP contribution in [0.2, 0.25) is 0 Å². The van der Waals surface area contributed by atoms with Crippen LogP contribution in [-0.2, 0) is 6.54 Å². The van der Waals surface area contributed by atoms with Crippen molar-refractivity contribution in [3.8, 4) is 0 Å². The summed E-state index contributed by atoms with van der Waals surface area (Å²) in [7, 11) is 0. The van der Waals surface area contributed by atoms with Crippen molar-refractivity contribution in [2.75, 3.05) is 13.1 Å². The molecular weight excluding hydrogens is 356 g/mol. The van der Waals surface area contributed by atoms with Gasteiger partial charge >= 0.3 is 0 Å². The molecule has 6 heteroatoms. The summed E-state index contributed by atoms with van der Waals surface area (Å²) >= 11 is 1.77. The number of nitrogens with one attached hydrogen (secondary N) is 2. The molecule has 0 aliphatic carbocycles. The number of likely N-dealkylation sites (tertiary alicyclic amines) is 1. The van der Waals surface area contributed by atoms with Crippen LogP contribution in [0.4, 0.5) is 0 Å². The molecular formula is C21H26N4OS. The minimum absolute atomic E-state index is 0.0422. The summed E-state index contributed by atoms with van der Waals surface area (Å²) in [6.07, 6.45) is 7.35. The second kappa shape index (κ2) is 7.82. The van der Waals surface area contributed by atoms with Crippen molar-refractivity contribution in [1.29, 1.82) is 0 Å². The minimum Gasteiger partial charge on any atom is -0.350 e.